The lowest BCUT2D eigenvalue weighted by Crippen LogP contribution is -2.57. The van der Waals surface area contributed by atoms with Gasteiger partial charge in [-0.3, -0.25) is 0 Å². The summed E-state index contributed by atoms with van der Waals surface area (Å²) in [6, 6.07) is 0. The molecule has 0 aromatic rings. The topological polar surface area (TPSA) is 40.5 Å². The van der Waals surface area contributed by atoms with Crippen molar-refractivity contribution >= 4 is 0 Å². The zero-order chi connectivity index (χ0) is 27.5. The molecule has 0 spiro atoms. The van der Waals surface area contributed by atoms with Crippen molar-refractivity contribution in [1.82, 2.24) is 0 Å². The highest BCUT2D eigenvalue weighted by atomic mass is 16.3. The van der Waals surface area contributed by atoms with E-state index in [9.17, 15) is 10.2 Å². The van der Waals surface area contributed by atoms with Crippen LogP contribution in [0.1, 0.15) is 61.8 Å². The number of hydrogen-bond acceptors (Lipinski definition) is 2. The van der Waals surface area contributed by atoms with Crippen LogP contribution in [0.25, 0.3) is 0 Å². The fourth-order valence-electron chi connectivity index (χ4n) is 6.72. The first-order valence-corrected chi connectivity index (χ1v) is 14.4. The molecule has 1 fully saturated rings. The lowest BCUT2D eigenvalue weighted by atomic mass is 9.60. The molecule has 0 radical (unpaired) electrons. The lowest BCUT2D eigenvalue weighted by molar-refractivity contribution is -0.117. The van der Waals surface area contributed by atoms with E-state index in [1.807, 2.05) is 0 Å². The quantitative estimate of drug-likeness (QED) is 0.403. The molecule has 5 aliphatic rings. The Hall–Kier alpha value is -2.68. The monoisotopic (exact) mass is 508 g/mol. The van der Waals surface area contributed by atoms with Gasteiger partial charge in [-0.25, -0.2) is 0 Å². The maximum atomic E-state index is 11.7. The van der Waals surface area contributed by atoms with Crippen LogP contribution in [0.2, 0.25) is 0 Å². The minimum Gasteiger partial charge on any atom is -0.392 e. The van der Waals surface area contributed by atoms with Crippen LogP contribution in [0, 0.1) is 29.6 Å². The molecule has 3 atom stereocenters. The summed E-state index contributed by atoms with van der Waals surface area (Å²) in [6.45, 7) is 17.6. The van der Waals surface area contributed by atoms with Crippen molar-refractivity contribution in [1.29, 1.82) is 0 Å². The Bertz CT molecular complexity index is 1350. The van der Waals surface area contributed by atoms with Gasteiger partial charge in [-0.05, 0) is 101 Å². The molecule has 0 saturated heterocycles. The minimum atomic E-state index is -0.620. The molecule has 38 heavy (non-hydrogen) atoms. The van der Waals surface area contributed by atoms with Gasteiger partial charge in [0.2, 0.25) is 0 Å². The van der Waals surface area contributed by atoms with Gasteiger partial charge in [-0.2, -0.15) is 0 Å². The third-order valence-electron chi connectivity index (χ3n) is 9.05. The Labute approximate surface area is 229 Å². The molecule has 200 valence electrons. The van der Waals surface area contributed by atoms with Crippen molar-refractivity contribution in [3.8, 4) is 0 Å². The molecule has 0 bridgehead atoms. The number of allylic oxidation sites excluding steroid dienone is 18. The van der Waals surface area contributed by atoms with E-state index in [1.54, 1.807) is 0 Å². The van der Waals surface area contributed by atoms with E-state index in [0.717, 1.165) is 17.6 Å². The molecule has 2 nitrogen and oxygen atoms in total. The molecule has 2 N–H and O–H groups in total. The maximum absolute atomic E-state index is 11.7. The van der Waals surface area contributed by atoms with Crippen molar-refractivity contribution < 1.29 is 10.2 Å². The van der Waals surface area contributed by atoms with Crippen LogP contribution < -0.4 is 0 Å². The van der Waals surface area contributed by atoms with Gasteiger partial charge in [-0.1, -0.05) is 94.9 Å². The van der Waals surface area contributed by atoms with Gasteiger partial charge in [0.1, 0.15) is 0 Å². The molecule has 1 saturated carbocycles. The fourth-order valence-corrected chi connectivity index (χ4v) is 6.72. The molecule has 0 amide bonds. The first kappa shape index (κ1) is 26.9. The fraction of sp³-hybridized carbons (Fsp3) is 0.444. The summed E-state index contributed by atoms with van der Waals surface area (Å²) < 4.78 is 0. The largest absolute Gasteiger partial charge is 0.392 e. The highest BCUT2D eigenvalue weighted by Gasteiger charge is 2.54. The minimum absolute atomic E-state index is 0.280. The molecular weight excluding hydrogens is 464 g/mol. The zero-order valence-electron chi connectivity index (χ0n) is 24.3. The molecule has 0 aromatic heterocycles. The lowest BCUT2D eigenvalue weighted by Gasteiger charge is -2.49. The summed E-state index contributed by atoms with van der Waals surface area (Å²) in [4.78, 5) is 0. The third-order valence-corrected chi connectivity index (χ3v) is 9.05. The van der Waals surface area contributed by atoms with E-state index in [0.29, 0.717) is 11.8 Å². The number of rotatable bonds is 4. The van der Waals surface area contributed by atoms with E-state index in [1.165, 1.54) is 50.2 Å². The summed E-state index contributed by atoms with van der Waals surface area (Å²) in [7, 11) is 0. The Balaban J connectivity index is 1.44. The molecule has 5 rings (SSSR count). The zero-order valence-corrected chi connectivity index (χ0v) is 24.3. The van der Waals surface area contributed by atoms with Crippen LogP contribution in [0.4, 0.5) is 0 Å². The second kappa shape index (κ2) is 10.1. The molecule has 0 heterocycles. The number of aliphatic hydroxyl groups excluding tert-OH is 2. The van der Waals surface area contributed by atoms with Crippen LogP contribution in [-0.2, 0) is 0 Å². The molecule has 3 unspecified atom stereocenters. The van der Waals surface area contributed by atoms with Crippen molar-refractivity contribution in [2.75, 3.05) is 0 Å². The third kappa shape index (κ3) is 4.56. The Morgan fingerprint density at radius 2 is 1.34 bits per heavy atom. The highest BCUT2D eigenvalue weighted by Crippen LogP contribution is 2.53. The molecular formula is C36H44O2. The van der Waals surface area contributed by atoms with Gasteiger partial charge in [0.05, 0.1) is 12.2 Å². The summed E-state index contributed by atoms with van der Waals surface area (Å²) in [6.07, 6.45) is 20.1. The second-order valence-corrected chi connectivity index (χ2v) is 12.6. The summed E-state index contributed by atoms with van der Waals surface area (Å²) >= 11 is 0. The number of fused-ring (bicyclic) bond motifs is 2. The molecule has 0 aromatic carbocycles. The smallest absolute Gasteiger partial charge is 0.0727 e. The molecule has 2 heteroatoms. The summed E-state index contributed by atoms with van der Waals surface area (Å²) in [5.74, 6) is 0.644. The first-order valence-electron chi connectivity index (χ1n) is 14.4. The molecule has 0 aliphatic heterocycles. The average molecular weight is 509 g/mol. The Kier molecular flexibility index (Phi) is 7.18. The van der Waals surface area contributed by atoms with Crippen molar-refractivity contribution in [2.24, 2.45) is 29.6 Å². The van der Waals surface area contributed by atoms with E-state index >= 15 is 0 Å². The SMILES string of the molecule is CC1=CC(C(C)C)=CCC2=C(C)C=C(C3C(O)C(C4=CC(C)=C5C=C(C(C)C)C=CC(C)C=C45)C3O)C2=C1. The first-order chi connectivity index (χ1) is 18.0. The van der Waals surface area contributed by atoms with Gasteiger partial charge in [0, 0.05) is 11.8 Å². The Morgan fingerprint density at radius 1 is 0.737 bits per heavy atom. The van der Waals surface area contributed by atoms with Crippen molar-refractivity contribution in [3.63, 3.8) is 0 Å². The second-order valence-electron chi connectivity index (χ2n) is 12.6. The van der Waals surface area contributed by atoms with Crippen LogP contribution in [0.15, 0.2) is 116 Å². The average Bonchev–Trinajstić information content (AvgIpc) is 3.25. The standard InChI is InChI=1S/C36H44O2/c1-19(2)25-11-12-27-23(7)16-31(29(27)15-22(6)13-25)33-35(37)34(36(33)38)32-17-24(8)28-18-26(20(3)4)10-9-21(5)14-30(28)32/h9-11,13-21,33-38H,12H2,1-8H3. The van der Waals surface area contributed by atoms with E-state index < -0.39 is 12.2 Å². The highest BCUT2D eigenvalue weighted by molar-refractivity contribution is 5.68. The van der Waals surface area contributed by atoms with Crippen LogP contribution in [0.5, 0.6) is 0 Å². The van der Waals surface area contributed by atoms with Gasteiger partial charge in [0.25, 0.3) is 0 Å². The van der Waals surface area contributed by atoms with Gasteiger partial charge in [-0.15, -0.1) is 0 Å². The molecule has 5 aliphatic carbocycles. The van der Waals surface area contributed by atoms with Crippen LogP contribution in [-0.4, -0.2) is 22.4 Å². The number of hydrogen-bond donors (Lipinski definition) is 2. The Morgan fingerprint density at radius 3 is 1.97 bits per heavy atom. The van der Waals surface area contributed by atoms with Crippen molar-refractivity contribution in [2.45, 2.75) is 74.0 Å². The summed E-state index contributed by atoms with van der Waals surface area (Å²) in [5.41, 5.74) is 13.5. The maximum Gasteiger partial charge on any atom is 0.0727 e. The van der Waals surface area contributed by atoms with Gasteiger partial charge >= 0.3 is 0 Å². The van der Waals surface area contributed by atoms with Crippen LogP contribution in [0.3, 0.4) is 0 Å². The predicted octanol–water partition coefficient (Wildman–Crippen LogP) is 8.04. The van der Waals surface area contributed by atoms with Gasteiger partial charge in [0.15, 0.2) is 0 Å². The van der Waals surface area contributed by atoms with E-state index in [2.05, 4.69) is 110 Å². The van der Waals surface area contributed by atoms with Gasteiger partial charge < -0.3 is 10.2 Å². The van der Waals surface area contributed by atoms with Crippen molar-refractivity contribution in [3.05, 3.63) is 116 Å². The van der Waals surface area contributed by atoms with E-state index in [-0.39, 0.29) is 17.8 Å². The van der Waals surface area contributed by atoms with E-state index in [4.69, 9.17) is 0 Å². The normalized spacial score (nSPS) is 31.3. The van der Waals surface area contributed by atoms with Crippen LogP contribution >= 0.6 is 0 Å². The summed E-state index contributed by atoms with van der Waals surface area (Å²) in [5, 5.41) is 23.3. The number of aliphatic hydroxyl groups is 2. The predicted molar refractivity (Wildman–Crippen MR) is 159 cm³/mol.